The van der Waals surface area contributed by atoms with Crippen LogP contribution in [0.1, 0.15) is 42.0 Å². The van der Waals surface area contributed by atoms with Crippen molar-refractivity contribution in [1.82, 2.24) is 14.6 Å². The minimum absolute atomic E-state index is 0.00333. The van der Waals surface area contributed by atoms with Crippen molar-refractivity contribution in [3.8, 4) is 17.3 Å². The van der Waals surface area contributed by atoms with E-state index >= 15 is 0 Å². The SMILES string of the molecule is CC(C)c1c(-c2cccc(/C=C/c3ccccc3)c2)[nH]c2c(C#N)cnn2c1=O. The summed E-state index contributed by atoms with van der Waals surface area (Å²) in [5.74, 6) is -0.00333. The smallest absolute Gasteiger partial charge is 0.278 e. The molecule has 2 aromatic heterocycles. The molecule has 2 heterocycles. The fourth-order valence-electron chi connectivity index (χ4n) is 3.43. The number of rotatable bonds is 4. The molecule has 0 spiro atoms. The van der Waals surface area contributed by atoms with Crippen molar-refractivity contribution >= 4 is 17.8 Å². The third kappa shape index (κ3) is 3.48. The van der Waals surface area contributed by atoms with Crippen molar-refractivity contribution in [1.29, 1.82) is 5.26 Å². The molecule has 142 valence electrons. The van der Waals surface area contributed by atoms with Crippen LogP contribution in [0.4, 0.5) is 0 Å². The van der Waals surface area contributed by atoms with Crippen LogP contribution in [0, 0.1) is 11.3 Å². The molecule has 0 saturated heterocycles. The molecule has 2 aromatic carbocycles. The number of hydrogen-bond acceptors (Lipinski definition) is 3. The van der Waals surface area contributed by atoms with Gasteiger partial charge in [-0.1, -0.05) is 74.5 Å². The number of hydrogen-bond donors (Lipinski definition) is 1. The van der Waals surface area contributed by atoms with E-state index in [-0.39, 0.29) is 11.5 Å². The summed E-state index contributed by atoms with van der Waals surface area (Å²) in [7, 11) is 0. The third-order valence-corrected chi connectivity index (χ3v) is 4.85. The zero-order valence-corrected chi connectivity index (χ0v) is 16.3. The Labute approximate surface area is 168 Å². The fraction of sp³-hybridized carbons (Fsp3) is 0.125. The molecule has 0 saturated carbocycles. The van der Waals surface area contributed by atoms with Gasteiger partial charge < -0.3 is 4.98 Å². The molecular formula is C24H20N4O. The van der Waals surface area contributed by atoms with Crippen LogP contribution in [0.25, 0.3) is 29.1 Å². The van der Waals surface area contributed by atoms with Crippen LogP contribution in [0.2, 0.25) is 0 Å². The van der Waals surface area contributed by atoms with E-state index in [1.165, 1.54) is 10.7 Å². The molecule has 0 radical (unpaired) electrons. The van der Waals surface area contributed by atoms with E-state index in [0.717, 1.165) is 22.4 Å². The molecule has 0 amide bonds. The van der Waals surface area contributed by atoms with E-state index in [4.69, 9.17) is 0 Å². The molecule has 0 fully saturated rings. The maximum Gasteiger partial charge on any atom is 0.278 e. The molecule has 0 unspecified atom stereocenters. The van der Waals surface area contributed by atoms with E-state index in [1.807, 2.05) is 74.5 Å². The van der Waals surface area contributed by atoms with Crippen LogP contribution in [-0.4, -0.2) is 14.6 Å². The van der Waals surface area contributed by atoms with Gasteiger partial charge >= 0.3 is 0 Å². The molecule has 0 aliphatic carbocycles. The quantitative estimate of drug-likeness (QED) is 0.514. The maximum atomic E-state index is 13.0. The molecule has 5 heteroatoms. The average molecular weight is 380 g/mol. The Morgan fingerprint density at radius 1 is 1.07 bits per heavy atom. The zero-order chi connectivity index (χ0) is 20.4. The van der Waals surface area contributed by atoms with Crippen LogP contribution in [-0.2, 0) is 0 Å². The first-order chi connectivity index (χ1) is 14.1. The molecule has 4 rings (SSSR count). The topological polar surface area (TPSA) is 73.9 Å². The first-order valence-corrected chi connectivity index (χ1v) is 9.46. The van der Waals surface area contributed by atoms with Gasteiger partial charge in [-0.3, -0.25) is 4.79 Å². The minimum atomic E-state index is -0.199. The molecule has 4 aromatic rings. The molecule has 0 aliphatic rings. The van der Waals surface area contributed by atoms with Gasteiger partial charge in [0.15, 0.2) is 5.65 Å². The van der Waals surface area contributed by atoms with Gasteiger partial charge in [-0.05, 0) is 28.7 Å². The van der Waals surface area contributed by atoms with E-state index in [9.17, 15) is 10.1 Å². The number of aromatic nitrogens is 3. The van der Waals surface area contributed by atoms with Gasteiger partial charge in [0.2, 0.25) is 0 Å². The number of benzene rings is 2. The van der Waals surface area contributed by atoms with Crippen molar-refractivity contribution in [3.05, 3.63) is 93.4 Å². The van der Waals surface area contributed by atoms with E-state index in [1.54, 1.807) is 0 Å². The first kappa shape index (κ1) is 18.5. The predicted octanol–water partition coefficient (Wildman–Crippen LogP) is 4.86. The Morgan fingerprint density at radius 2 is 1.79 bits per heavy atom. The number of fused-ring (bicyclic) bond motifs is 1. The number of nitrogens with zero attached hydrogens (tertiary/aromatic N) is 3. The van der Waals surface area contributed by atoms with Crippen molar-refractivity contribution < 1.29 is 0 Å². The normalized spacial score (nSPS) is 11.4. The summed E-state index contributed by atoms with van der Waals surface area (Å²) in [6.45, 7) is 3.96. The summed E-state index contributed by atoms with van der Waals surface area (Å²) in [4.78, 5) is 16.3. The summed E-state index contributed by atoms with van der Waals surface area (Å²) in [6.07, 6.45) is 5.52. The highest BCUT2D eigenvalue weighted by atomic mass is 16.1. The van der Waals surface area contributed by atoms with Crippen LogP contribution in [0.5, 0.6) is 0 Å². The lowest BCUT2D eigenvalue weighted by molar-refractivity contribution is 0.797. The molecular weight excluding hydrogens is 360 g/mol. The van der Waals surface area contributed by atoms with E-state index < -0.39 is 0 Å². The maximum absolute atomic E-state index is 13.0. The molecule has 0 bridgehead atoms. The monoisotopic (exact) mass is 380 g/mol. The molecule has 29 heavy (non-hydrogen) atoms. The lowest BCUT2D eigenvalue weighted by Crippen LogP contribution is -2.22. The Morgan fingerprint density at radius 3 is 2.52 bits per heavy atom. The lowest BCUT2D eigenvalue weighted by Gasteiger charge is -2.13. The van der Waals surface area contributed by atoms with E-state index in [0.29, 0.717) is 16.8 Å². The largest absolute Gasteiger partial charge is 0.338 e. The van der Waals surface area contributed by atoms with Crippen molar-refractivity contribution in [2.45, 2.75) is 19.8 Å². The highest BCUT2D eigenvalue weighted by Gasteiger charge is 2.19. The molecule has 0 atom stereocenters. The minimum Gasteiger partial charge on any atom is -0.338 e. The van der Waals surface area contributed by atoms with Gasteiger partial charge in [0.1, 0.15) is 11.6 Å². The standard InChI is InChI=1S/C24H20N4O/c1-16(2)21-22(27-23-20(14-25)15-26-28(23)24(21)29)19-10-6-9-18(13-19)12-11-17-7-4-3-5-8-17/h3-13,15-16,27H,1-2H3/b12-11+. The summed E-state index contributed by atoms with van der Waals surface area (Å²) < 4.78 is 1.27. The Hall–Kier alpha value is -3.91. The van der Waals surface area contributed by atoms with Crippen molar-refractivity contribution in [3.63, 3.8) is 0 Å². The van der Waals surface area contributed by atoms with Gasteiger partial charge in [0.05, 0.1) is 11.9 Å². The second kappa shape index (κ2) is 7.61. The van der Waals surface area contributed by atoms with Gasteiger partial charge in [-0.2, -0.15) is 14.9 Å². The fourth-order valence-corrected chi connectivity index (χ4v) is 3.43. The van der Waals surface area contributed by atoms with Crippen molar-refractivity contribution in [2.75, 3.05) is 0 Å². The number of aromatic amines is 1. The lowest BCUT2D eigenvalue weighted by atomic mass is 9.97. The number of H-pyrrole nitrogens is 1. The highest BCUT2D eigenvalue weighted by molar-refractivity contribution is 5.74. The van der Waals surface area contributed by atoms with Gasteiger partial charge in [-0.25, -0.2) is 0 Å². The van der Waals surface area contributed by atoms with Crippen LogP contribution in [0.15, 0.2) is 65.6 Å². The Bertz CT molecular complexity index is 1300. The molecule has 0 aliphatic heterocycles. The van der Waals surface area contributed by atoms with Crippen LogP contribution in [0.3, 0.4) is 0 Å². The van der Waals surface area contributed by atoms with E-state index in [2.05, 4.69) is 22.2 Å². The van der Waals surface area contributed by atoms with Gasteiger partial charge in [-0.15, -0.1) is 0 Å². The Kier molecular flexibility index (Phi) is 4.84. The summed E-state index contributed by atoms with van der Waals surface area (Å²) >= 11 is 0. The number of nitriles is 1. The molecule has 5 nitrogen and oxygen atoms in total. The third-order valence-electron chi connectivity index (χ3n) is 4.85. The summed E-state index contributed by atoms with van der Waals surface area (Å²) in [5, 5.41) is 13.4. The van der Waals surface area contributed by atoms with Crippen LogP contribution >= 0.6 is 0 Å². The summed E-state index contributed by atoms with van der Waals surface area (Å²) in [5.41, 5.74) is 4.98. The zero-order valence-electron chi connectivity index (χ0n) is 16.3. The number of nitrogens with one attached hydrogen (secondary N) is 1. The van der Waals surface area contributed by atoms with Crippen molar-refractivity contribution in [2.24, 2.45) is 0 Å². The second-order valence-corrected chi connectivity index (χ2v) is 7.17. The highest BCUT2D eigenvalue weighted by Crippen LogP contribution is 2.27. The van der Waals surface area contributed by atoms with Gasteiger partial charge in [0.25, 0.3) is 5.56 Å². The molecule has 1 N–H and O–H groups in total. The first-order valence-electron chi connectivity index (χ1n) is 9.46. The Balaban J connectivity index is 1.86. The second-order valence-electron chi connectivity index (χ2n) is 7.17. The van der Waals surface area contributed by atoms with Crippen LogP contribution < -0.4 is 5.56 Å². The summed E-state index contributed by atoms with van der Waals surface area (Å²) in [6, 6.07) is 20.2. The average Bonchev–Trinajstić information content (AvgIpc) is 3.16. The van der Waals surface area contributed by atoms with Gasteiger partial charge in [0, 0.05) is 5.56 Å². The predicted molar refractivity (Wildman–Crippen MR) is 115 cm³/mol.